The van der Waals surface area contributed by atoms with Gasteiger partial charge in [-0.1, -0.05) is 6.92 Å². The molecule has 1 aromatic rings. The Morgan fingerprint density at radius 1 is 1.47 bits per heavy atom. The van der Waals surface area contributed by atoms with Crippen LogP contribution in [0.15, 0.2) is 23.1 Å². The Morgan fingerprint density at radius 2 is 2.16 bits per heavy atom. The molecule has 2 atom stereocenters. The second-order valence-electron chi connectivity index (χ2n) is 4.80. The lowest BCUT2D eigenvalue weighted by atomic mass is 10.2. The zero-order valence-electron chi connectivity index (χ0n) is 11.1. The minimum atomic E-state index is -3.51. The molecule has 0 spiro atoms. The van der Waals surface area contributed by atoms with Gasteiger partial charge in [-0.25, -0.2) is 13.1 Å². The van der Waals surface area contributed by atoms with E-state index in [9.17, 15) is 13.5 Å². The molecule has 0 heterocycles. The van der Waals surface area contributed by atoms with Gasteiger partial charge in [0.25, 0.3) is 0 Å². The fourth-order valence-corrected chi connectivity index (χ4v) is 3.30. The molecule has 2 N–H and O–H groups in total. The normalized spacial score (nSPS) is 22.3. The summed E-state index contributed by atoms with van der Waals surface area (Å²) in [6.07, 6.45) is 0.878. The Hall–Kier alpha value is -1.11. The summed E-state index contributed by atoms with van der Waals surface area (Å²) in [7, 11) is -3.51. The summed E-state index contributed by atoms with van der Waals surface area (Å²) in [5, 5.41) is 9.28. The Bertz CT molecular complexity index is 556. The number of aliphatic hydroxyl groups is 1. The molecule has 0 radical (unpaired) electrons. The van der Waals surface area contributed by atoms with Gasteiger partial charge in [-0.15, -0.1) is 0 Å². The van der Waals surface area contributed by atoms with Crippen molar-refractivity contribution in [3.8, 4) is 5.75 Å². The van der Waals surface area contributed by atoms with E-state index < -0.39 is 10.0 Å². The van der Waals surface area contributed by atoms with Crippen molar-refractivity contribution in [2.45, 2.75) is 37.8 Å². The maximum atomic E-state index is 12.1. The van der Waals surface area contributed by atoms with Crippen LogP contribution in [0, 0.1) is 5.92 Å². The number of rotatable bonds is 6. The van der Waals surface area contributed by atoms with E-state index in [1.54, 1.807) is 6.07 Å². The summed E-state index contributed by atoms with van der Waals surface area (Å²) < 4.78 is 32.2. The van der Waals surface area contributed by atoms with Crippen LogP contribution < -0.4 is 9.46 Å². The quantitative estimate of drug-likeness (QED) is 0.825. The Morgan fingerprint density at radius 3 is 2.68 bits per heavy atom. The molecular formula is C13H19NO4S. The van der Waals surface area contributed by atoms with Crippen molar-refractivity contribution in [1.29, 1.82) is 0 Å². The third kappa shape index (κ3) is 3.26. The minimum Gasteiger partial charge on any atom is -0.494 e. The van der Waals surface area contributed by atoms with Gasteiger partial charge >= 0.3 is 0 Å². The molecule has 2 rings (SSSR count). The minimum absolute atomic E-state index is 0.0362. The molecule has 0 bridgehead atoms. The first-order valence-electron chi connectivity index (χ1n) is 6.37. The Labute approximate surface area is 113 Å². The fourth-order valence-electron chi connectivity index (χ4n) is 1.90. The summed E-state index contributed by atoms with van der Waals surface area (Å²) in [4.78, 5) is 0.166. The third-order valence-corrected chi connectivity index (χ3v) is 4.72. The number of nitrogens with one attached hydrogen (secondary N) is 1. The van der Waals surface area contributed by atoms with Gasteiger partial charge < -0.3 is 9.84 Å². The van der Waals surface area contributed by atoms with Crippen LogP contribution in [0.2, 0.25) is 0 Å². The van der Waals surface area contributed by atoms with Crippen molar-refractivity contribution < 1.29 is 18.3 Å². The number of benzene rings is 1. The zero-order chi connectivity index (χ0) is 14.0. The molecule has 0 saturated heterocycles. The first kappa shape index (κ1) is 14.3. The van der Waals surface area contributed by atoms with Crippen molar-refractivity contribution in [3.05, 3.63) is 23.8 Å². The molecule has 0 amide bonds. The van der Waals surface area contributed by atoms with E-state index in [4.69, 9.17) is 4.74 Å². The van der Waals surface area contributed by atoms with Crippen molar-refractivity contribution in [2.24, 2.45) is 5.92 Å². The lowest BCUT2D eigenvalue weighted by molar-refractivity contribution is 0.266. The standard InChI is InChI=1S/C13H19NO4S/c1-3-18-13-5-4-11(7-10(13)8-15)19(16,17)14-12-6-9(12)2/h4-5,7,9,12,14-15H,3,6,8H2,1-2H3. The monoisotopic (exact) mass is 285 g/mol. The fraction of sp³-hybridized carbons (Fsp3) is 0.538. The zero-order valence-corrected chi connectivity index (χ0v) is 11.9. The van der Waals surface area contributed by atoms with Gasteiger partial charge in [-0.3, -0.25) is 0 Å². The van der Waals surface area contributed by atoms with Crippen molar-refractivity contribution in [2.75, 3.05) is 6.61 Å². The molecule has 0 aliphatic heterocycles. The second-order valence-corrected chi connectivity index (χ2v) is 6.52. The predicted molar refractivity (Wildman–Crippen MR) is 71.4 cm³/mol. The van der Waals surface area contributed by atoms with E-state index in [1.807, 2.05) is 13.8 Å². The molecule has 1 aromatic carbocycles. The topological polar surface area (TPSA) is 75.6 Å². The van der Waals surface area contributed by atoms with Crippen LogP contribution in [-0.2, 0) is 16.6 Å². The number of ether oxygens (including phenoxy) is 1. The van der Waals surface area contributed by atoms with Crippen LogP contribution in [-0.4, -0.2) is 26.2 Å². The molecule has 5 nitrogen and oxygen atoms in total. The summed E-state index contributed by atoms with van der Waals surface area (Å²) in [5.74, 6) is 0.915. The Kier molecular flexibility index (Phi) is 4.13. The molecule has 2 unspecified atom stereocenters. The molecule has 19 heavy (non-hydrogen) atoms. The molecule has 1 fully saturated rings. The average Bonchev–Trinajstić information content (AvgIpc) is 3.04. The van der Waals surface area contributed by atoms with Crippen LogP contribution >= 0.6 is 0 Å². The van der Waals surface area contributed by atoms with Crippen LogP contribution in [0.4, 0.5) is 0 Å². The first-order valence-corrected chi connectivity index (χ1v) is 7.85. The molecule has 1 saturated carbocycles. The van der Waals surface area contributed by atoms with E-state index in [0.29, 0.717) is 23.8 Å². The highest BCUT2D eigenvalue weighted by Gasteiger charge is 2.36. The predicted octanol–water partition coefficient (Wildman–Crippen LogP) is 1.26. The van der Waals surface area contributed by atoms with E-state index in [2.05, 4.69) is 4.72 Å². The van der Waals surface area contributed by atoms with Crippen LogP contribution in [0.1, 0.15) is 25.8 Å². The summed E-state index contributed by atoms with van der Waals surface area (Å²) in [6.45, 7) is 4.06. The smallest absolute Gasteiger partial charge is 0.240 e. The average molecular weight is 285 g/mol. The molecular weight excluding hydrogens is 266 g/mol. The number of hydrogen-bond donors (Lipinski definition) is 2. The highest BCUT2D eigenvalue weighted by Crippen LogP contribution is 2.31. The lowest BCUT2D eigenvalue weighted by Crippen LogP contribution is -2.26. The van der Waals surface area contributed by atoms with E-state index in [0.717, 1.165) is 6.42 Å². The molecule has 106 valence electrons. The van der Waals surface area contributed by atoms with Gasteiger partial charge in [0, 0.05) is 11.6 Å². The lowest BCUT2D eigenvalue weighted by Gasteiger charge is -2.11. The van der Waals surface area contributed by atoms with Crippen molar-refractivity contribution in [3.63, 3.8) is 0 Å². The maximum Gasteiger partial charge on any atom is 0.240 e. The van der Waals surface area contributed by atoms with Crippen LogP contribution in [0.3, 0.4) is 0 Å². The summed E-state index contributed by atoms with van der Waals surface area (Å²) in [6, 6.07) is 4.58. The van der Waals surface area contributed by atoms with Gasteiger partial charge in [0.15, 0.2) is 0 Å². The van der Waals surface area contributed by atoms with Gasteiger partial charge in [-0.2, -0.15) is 0 Å². The second kappa shape index (κ2) is 5.48. The van der Waals surface area contributed by atoms with Gasteiger partial charge in [0.1, 0.15) is 5.75 Å². The highest BCUT2D eigenvalue weighted by atomic mass is 32.2. The first-order chi connectivity index (χ1) is 8.97. The molecule has 1 aliphatic carbocycles. The summed E-state index contributed by atoms with van der Waals surface area (Å²) in [5.41, 5.74) is 0.480. The number of hydrogen-bond acceptors (Lipinski definition) is 4. The van der Waals surface area contributed by atoms with Crippen LogP contribution in [0.5, 0.6) is 5.75 Å². The highest BCUT2D eigenvalue weighted by molar-refractivity contribution is 7.89. The third-order valence-electron chi connectivity index (χ3n) is 3.23. The largest absolute Gasteiger partial charge is 0.494 e. The van der Waals surface area contributed by atoms with E-state index in [1.165, 1.54) is 12.1 Å². The van der Waals surface area contributed by atoms with Crippen molar-refractivity contribution in [1.82, 2.24) is 4.72 Å². The van der Waals surface area contributed by atoms with Gasteiger partial charge in [-0.05, 0) is 37.5 Å². The number of aliphatic hydroxyl groups excluding tert-OH is 1. The molecule has 1 aliphatic rings. The molecule has 6 heteroatoms. The number of sulfonamides is 1. The van der Waals surface area contributed by atoms with Crippen molar-refractivity contribution >= 4 is 10.0 Å². The van der Waals surface area contributed by atoms with E-state index in [-0.39, 0.29) is 17.5 Å². The summed E-state index contributed by atoms with van der Waals surface area (Å²) >= 11 is 0. The SMILES string of the molecule is CCOc1ccc(S(=O)(=O)NC2CC2C)cc1CO. The maximum absolute atomic E-state index is 12.1. The van der Waals surface area contributed by atoms with Gasteiger partial charge in [0.05, 0.1) is 18.1 Å². The Balaban J connectivity index is 2.24. The van der Waals surface area contributed by atoms with E-state index >= 15 is 0 Å². The van der Waals surface area contributed by atoms with Gasteiger partial charge in [0.2, 0.25) is 10.0 Å². The van der Waals surface area contributed by atoms with Crippen LogP contribution in [0.25, 0.3) is 0 Å². The molecule has 0 aromatic heterocycles.